The van der Waals surface area contributed by atoms with Gasteiger partial charge in [0.2, 0.25) is 11.9 Å². The van der Waals surface area contributed by atoms with E-state index in [0.717, 1.165) is 24.4 Å². The van der Waals surface area contributed by atoms with Gasteiger partial charge in [0.15, 0.2) is 0 Å². The van der Waals surface area contributed by atoms with Gasteiger partial charge in [-0.15, -0.1) is 0 Å². The Labute approximate surface area is 105 Å². The molecule has 1 unspecified atom stereocenters. The van der Waals surface area contributed by atoms with Crippen LogP contribution in [-0.4, -0.2) is 15.0 Å². The van der Waals surface area contributed by atoms with E-state index >= 15 is 0 Å². The third-order valence-electron chi connectivity index (χ3n) is 2.93. The first kappa shape index (κ1) is 11.0. The fourth-order valence-electron chi connectivity index (χ4n) is 1.80. The summed E-state index contributed by atoms with van der Waals surface area (Å²) in [5, 5.41) is 3.17. The minimum absolute atomic E-state index is 0.00569. The second-order valence-corrected chi connectivity index (χ2v) is 4.53. The fourth-order valence-corrected chi connectivity index (χ4v) is 1.80. The molecule has 2 heterocycles. The Morgan fingerprint density at radius 3 is 2.89 bits per heavy atom. The van der Waals surface area contributed by atoms with Gasteiger partial charge in [0.25, 0.3) is 0 Å². The van der Waals surface area contributed by atoms with Crippen molar-refractivity contribution in [2.24, 2.45) is 0 Å². The van der Waals surface area contributed by atoms with E-state index in [9.17, 15) is 0 Å². The first-order chi connectivity index (χ1) is 8.72. The highest BCUT2D eigenvalue weighted by molar-refractivity contribution is 5.34. The molecule has 2 aromatic heterocycles. The van der Waals surface area contributed by atoms with Crippen LogP contribution in [0.3, 0.4) is 0 Å². The predicted octanol–water partition coefficient (Wildman–Crippen LogP) is 2.10. The SMILES string of the molecule is CC(Nc1nc(N)nc(C2CC2)n1)c1ccco1. The molecule has 0 amide bonds. The molecule has 1 saturated carbocycles. The summed E-state index contributed by atoms with van der Waals surface area (Å²) in [5.74, 6) is 2.85. The summed E-state index contributed by atoms with van der Waals surface area (Å²) in [6.45, 7) is 1.98. The lowest BCUT2D eigenvalue weighted by atomic mass is 10.2. The maximum atomic E-state index is 5.69. The molecule has 6 heteroatoms. The molecular weight excluding hydrogens is 230 g/mol. The van der Waals surface area contributed by atoms with Crippen LogP contribution in [0, 0.1) is 0 Å². The summed E-state index contributed by atoms with van der Waals surface area (Å²) in [7, 11) is 0. The van der Waals surface area contributed by atoms with Crippen LogP contribution in [-0.2, 0) is 0 Å². The topological polar surface area (TPSA) is 89.9 Å². The lowest BCUT2D eigenvalue weighted by Gasteiger charge is -2.12. The van der Waals surface area contributed by atoms with Gasteiger partial charge in [-0.2, -0.15) is 15.0 Å². The molecule has 0 radical (unpaired) electrons. The molecule has 2 aromatic rings. The van der Waals surface area contributed by atoms with Gasteiger partial charge < -0.3 is 15.5 Å². The Kier molecular flexibility index (Phi) is 2.62. The lowest BCUT2D eigenvalue weighted by molar-refractivity contribution is 0.489. The van der Waals surface area contributed by atoms with Gasteiger partial charge in [-0.05, 0) is 31.9 Å². The number of nitrogens with one attached hydrogen (secondary N) is 1. The molecule has 0 spiro atoms. The van der Waals surface area contributed by atoms with Gasteiger partial charge in [0.05, 0.1) is 12.3 Å². The van der Waals surface area contributed by atoms with Gasteiger partial charge in [-0.1, -0.05) is 0 Å². The zero-order valence-corrected chi connectivity index (χ0v) is 10.1. The van der Waals surface area contributed by atoms with Crippen LogP contribution in [0.2, 0.25) is 0 Å². The lowest BCUT2D eigenvalue weighted by Crippen LogP contribution is -2.12. The van der Waals surface area contributed by atoms with Crippen molar-refractivity contribution < 1.29 is 4.42 Å². The number of nitrogens with two attached hydrogens (primary N) is 1. The maximum absolute atomic E-state index is 5.69. The van der Waals surface area contributed by atoms with Crippen LogP contribution in [0.15, 0.2) is 22.8 Å². The second-order valence-electron chi connectivity index (χ2n) is 4.53. The number of hydrogen-bond acceptors (Lipinski definition) is 6. The van der Waals surface area contributed by atoms with E-state index in [1.807, 2.05) is 19.1 Å². The number of furan rings is 1. The van der Waals surface area contributed by atoms with Crippen molar-refractivity contribution in [2.75, 3.05) is 11.1 Å². The van der Waals surface area contributed by atoms with E-state index < -0.39 is 0 Å². The van der Waals surface area contributed by atoms with Crippen molar-refractivity contribution in [3.05, 3.63) is 30.0 Å². The summed E-state index contributed by atoms with van der Waals surface area (Å²) in [6, 6.07) is 3.75. The third-order valence-corrected chi connectivity index (χ3v) is 2.93. The summed E-state index contributed by atoms with van der Waals surface area (Å²) in [4.78, 5) is 12.6. The van der Waals surface area contributed by atoms with Gasteiger partial charge in [-0.25, -0.2) is 0 Å². The predicted molar refractivity (Wildman–Crippen MR) is 67.0 cm³/mol. The molecule has 6 nitrogen and oxygen atoms in total. The van der Waals surface area contributed by atoms with Crippen LogP contribution < -0.4 is 11.1 Å². The van der Waals surface area contributed by atoms with Crippen molar-refractivity contribution in [1.82, 2.24) is 15.0 Å². The highest BCUT2D eigenvalue weighted by Gasteiger charge is 2.27. The molecule has 1 aliphatic rings. The summed E-state index contributed by atoms with van der Waals surface area (Å²) in [5.41, 5.74) is 5.69. The molecule has 1 aliphatic carbocycles. The Bertz CT molecular complexity index is 535. The number of anilines is 2. The Balaban J connectivity index is 1.79. The van der Waals surface area contributed by atoms with Crippen LogP contribution >= 0.6 is 0 Å². The summed E-state index contributed by atoms with van der Waals surface area (Å²) < 4.78 is 5.32. The largest absolute Gasteiger partial charge is 0.467 e. The zero-order chi connectivity index (χ0) is 12.5. The first-order valence-electron chi connectivity index (χ1n) is 6.04. The monoisotopic (exact) mass is 245 g/mol. The average molecular weight is 245 g/mol. The molecule has 3 N–H and O–H groups in total. The van der Waals surface area contributed by atoms with Crippen molar-refractivity contribution in [2.45, 2.75) is 31.7 Å². The van der Waals surface area contributed by atoms with E-state index in [0.29, 0.717) is 11.9 Å². The molecule has 1 fully saturated rings. The maximum Gasteiger partial charge on any atom is 0.228 e. The van der Waals surface area contributed by atoms with E-state index in [4.69, 9.17) is 10.2 Å². The number of nitrogen functional groups attached to an aromatic ring is 1. The molecule has 0 saturated heterocycles. The zero-order valence-electron chi connectivity index (χ0n) is 10.1. The van der Waals surface area contributed by atoms with Crippen molar-refractivity contribution in [3.63, 3.8) is 0 Å². The van der Waals surface area contributed by atoms with Crippen LogP contribution in [0.1, 0.15) is 43.3 Å². The first-order valence-corrected chi connectivity index (χ1v) is 6.04. The Morgan fingerprint density at radius 2 is 2.22 bits per heavy atom. The van der Waals surface area contributed by atoms with E-state index in [1.165, 1.54) is 0 Å². The second kappa shape index (κ2) is 4.29. The minimum atomic E-state index is -0.00569. The molecule has 0 aromatic carbocycles. The minimum Gasteiger partial charge on any atom is -0.467 e. The molecule has 0 bridgehead atoms. The highest BCUT2D eigenvalue weighted by atomic mass is 16.3. The van der Waals surface area contributed by atoms with E-state index in [-0.39, 0.29) is 12.0 Å². The average Bonchev–Trinajstić information content (AvgIpc) is 3.03. The van der Waals surface area contributed by atoms with Gasteiger partial charge in [0.1, 0.15) is 11.6 Å². The quantitative estimate of drug-likeness (QED) is 0.857. The molecule has 18 heavy (non-hydrogen) atoms. The van der Waals surface area contributed by atoms with Crippen LogP contribution in [0.25, 0.3) is 0 Å². The smallest absolute Gasteiger partial charge is 0.228 e. The van der Waals surface area contributed by atoms with Crippen LogP contribution in [0.4, 0.5) is 11.9 Å². The molecule has 1 atom stereocenters. The van der Waals surface area contributed by atoms with Crippen molar-refractivity contribution in [1.29, 1.82) is 0 Å². The van der Waals surface area contributed by atoms with Gasteiger partial charge in [0, 0.05) is 5.92 Å². The summed E-state index contributed by atoms with van der Waals surface area (Å²) >= 11 is 0. The number of nitrogens with zero attached hydrogens (tertiary/aromatic N) is 3. The molecule has 0 aliphatic heterocycles. The third kappa shape index (κ3) is 2.27. The Morgan fingerprint density at radius 1 is 1.39 bits per heavy atom. The standard InChI is InChI=1S/C12H15N5O/c1-7(9-3-2-6-18-9)14-12-16-10(8-4-5-8)15-11(13)17-12/h2-3,6-8H,4-5H2,1H3,(H3,13,14,15,16,17). The van der Waals surface area contributed by atoms with E-state index in [1.54, 1.807) is 6.26 Å². The molecular formula is C12H15N5O. The molecule has 94 valence electrons. The number of aromatic nitrogens is 3. The number of rotatable bonds is 4. The van der Waals surface area contributed by atoms with Crippen molar-refractivity contribution in [3.8, 4) is 0 Å². The highest BCUT2D eigenvalue weighted by Crippen LogP contribution is 2.38. The summed E-state index contributed by atoms with van der Waals surface area (Å²) in [6.07, 6.45) is 3.91. The van der Waals surface area contributed by atoms with Crippen molar-refractivity contribution >= 4 is 11.9 Å². The van der Waals surface area contributed by atoms with Crippen LogP contribution in [0.5, 0.6) is 0 Å². The van der Waals surface area contributed by atoms with Gasteiger partial charge in [-0.3, -0.25) is 0 Å². The fraction of sp³-hybridized carbons (Fsp3) is 0.417. The normalized spacial score (nSPS) is 16.5. The van der Waals surface area contributed by atoms with Gasteiger partial charge >= 0.3 is 0 Å². The molecule has 3 rings (SSSR count). The Hall–Kier alpha value is -2.11. The van der Waals surface area contributed by atoms with E-state index in [2.05, 4.69) is 20.3 Å². The number of hydrogen-bond donors (Lipinski definition) is 2.